The second-order valence-electron chi connectivity index (χ2n) is 6.10. The van der Waals surface area contributed by atoms with Gasteiger partial charge in [-0.15, -0.1) is 0 Å². The van der Waals surface area contributed by atoms with Gasteiger partial charge in [0.2, 0.25) is 0 Å². The lowest BCUT2D eigenvalue weighted by atomic mass is 9.71. The molecule has 0 saturated carbocycles. The molecule has 0 heterocycles. The van der Waals surface area contributed by atoms with Gasteiger partial charge in [-0.3, -0.25) is 4.79 Å². The average molecular weight is 250 g/mol. The lowest BCUT2D eigenvalue weighted by molar-refractivity contribution is -0.136. The second kappa shape index (κ2) is 5.73. The van der Waals surface area contributed by atoms with Gasteiger partial charge in [0, 0.05) is 6.92 Å². The number of hydrogen-bond donors (Lipinski definition) is 0. The average Bonchev–Trinajstić information content (AvgIpc) is 2.22. The first-order chi connectivity index (χ1) is 8.24. The minimum Gasteiger partial charge on any atom is -0.432 e. The molecule has 102 valence electrons. The Kier molecular flexibility index (Phi) is 4.78. The van der Waals surface area contributed by atoms with Gasteiger partial charge in [0.25, 0.3) is 0 Å². The molecule has 0 unspecified atom stereocenters. The van der Waals surface area contributed by atoms with Gasteiger partial charge in [0.15, 0.2) is 0 Å². The van der Waals surface area contributed by atoms with Crippen molar-refractivity contribution in [3.05, 3.63) is 22.5 Å². The molecule has 0 bridgehead atoms. The summed E-state index contributed by atoms with van der Waals surface area (Å²) >= 11 is 0. The van der Waals surface area contributed by atoms with E-state index in [1.54, 1.807) is 0 Å². The summed E-state index contributed by atoms with van der Waals surface area (Å²) in [6.07, 6.45) is 4.67. The van der Waals surface area contributed by atoms with Crippen LogP contribution in [0.3, 0.4) is 0 Å². The van der Waals surface area contributed by atoms with E-state index in [1.165, 1.54) is 37.3 Å². The number of hydrogen-bond acceptors (Lipinski definition) is 2. The van der Waals surface area contributed by atoms with Crippen LogP contribution in [-0.2, 0) is 9.53 Å². The fourth-order valence-corrected chi connectivity index (χ4v) is 2.76. The van der Waals surface area contributed by atoms with E-state index in [9.17, 15) is 4.79 Å². The highest BCUT2D eigenvalue weighted by atomic mass is 16.5. The molecule has 1 aliphatic carbocycles. The van der Waals surface area contributed by atoms with E-state index in [2.05, 4.69) is 27.7 Å². The van der Waals surface area contributed by atoms with Gasteiger partial charge in [-0.05, 0) is 57.4 Å². The maximum atomic E-state index is 11.0. The van der Waals surface area contributed by atoms with Crippen LogP contribution < -0.4 is 0 Å². The Bertz CT molecular complexity index is 397. The van der Waals surface area contributed by atoms with E-state index < -0.39 is 0 Å². The zero-order valence-corrected chi connectivity index (χ0v) is 12.6. The Morgan fingerprint density at radius 3 is 2.39 bits per heavy atom. The quantitative estimate of drug-likeness (QED) is 0.410. The third-order valence-electron chi connectivity index (χ3n) is 4.03. The number of allylic oxidation sites excluding steroid dienone is 4. The molecule has 0 spiro atoms. The molecule has 0 N–H and O–H groups in total. The highest BCUT2D eigenvalue weighted by molar-refractivity contribution is 5.67. The molecular weight excluding hydrogens is 224 g/mol. The molecular formula is C16H26O2. The third kappa shape index (κ3) is 3.72. The van der Waals surface area contributed by atoms with Crippen molar-refractivity contribution in [3.8, 4) is 0 Å². The summed E-state index contributed by atoms with van der Waals surface area (Å²) in [6, 6.07) is 0. The van der Waals surface area contributed by atoms with E-state index >= 15 is 0 Å². The fourth-order valence-electron chi connectivity index (χ4n) is 2.76. The minimum atomic E-state index is -0.236. The van der Waals surface area contributed by atoms with Crippen molar-refractivity contribution < 1.29 is 9.53 Å². The summed E-state index contributed by atoms with van der Waals surface area (Å²) < 4.78 is 5.18. The molecule has 0 radical (unpaired) electrons. The van der Waals surface area contributed by atoms with Crippen molar-refractivity contribution in [2.75, 3.05) is 0 Å². The van der Waals surface area contributed by atoms with Crippen LogP contribution in [-0.4, -0.2) is 5.97 Å². The van der Waals surface area contributed by atoms with Crippen molar-refractivity contribution >= 4 is 5.97 Å². The molecule has 1 aliphatic rings. The van der Waals surface area contributed by atoms with Crippen molar-refractivity contribution in [2.24, 2.45) is 5.41 Å². The molecule has 0 aromatic carbocycles. The molecule has 1 rings (SSSR count). The summed E-state index contributed by atoms with van der Waals surface area (Å²) in [5, 5.41) is 0. The van der Waals surface area contributed by atoms with Crippen LogP contribution >= 0.6 is 0 Å². The predicted molar refractivity (Wildman–Crippen MR) is 75.1 cm³/mol. The van der Waals surface area contributed by atoms with Gasteiger partial charge in [-0.1, -0.05) is 25.0 Å². The summed E-state index contributed by atoms with van der Waals surface area (Å²) in [6.45, 7) is 12.3. The molecule has 0 atom stereocenters. The number of carbonyl (C=O) groups is 1. The molecule has 0 aromatic heterocycles. The van der Waals surface area contributed by atoms with E-state index in [-0.39, 0.29) is 11.4 Å². The van der Waals surface area contributed by atoms with Crippen molar-refractivity contribution in [2.45, 2.75) is 67.2 Å². The van der Waals surface area contributed by atoms with Crippen LogP contribution in [0.15, 0.2) is 22.5 Å². The maximum absolute atomic E-state index is 11.0. The van der Waals surface area contributed by atoms with Crippen molar-refractivity contribution in [3.63, 3.8) is 0 Å². The van der Waals surface area contributed by atoms with E-state index in [0.717, 1.165) is 17.8 Å². The molecule has 0 aromatic rings. The first-order valence-electron chi connectivity index (χ1n) is 6.78. The normalized spacial score (nSPS) is 20.6. The molecule has 0 amide bonds. The topological polar surface area (TPSA) is 26.3 Å². The molecule has 0 aliphatic heterocycles. The lowest BCUT2D eigenvalue weighted by Gasteiger charge is -2.35. The van der Waals surface area contributed by atoms with Gasteiger partial charge in [0.1, 0.15) is 5.76 Å². The Hall–Kier alpha value is -1.05. The van der Waals surface area contributed by atoms with Gasteiger partial charge in [-0.25, -0.2) is 0 Å². The van der Waals surface area contributed by atoms with E-state index in [1.807, 2.05) is 6.92 Å². The van der Waals surface area contributed by atoms with E-state index in [4.69, 9.17) is 4.74 Å². The van der Waals surface area contributed by atoms with Crippen LogP contribution in [0.5, 0.6) is 0 Å². The number of rotatable bonds is 3. The Morgan fingerprint density at radius 2 is 1.89 bits per heavy atom. The van der Waals surface area contributed by atoms with Gasteiger partial charge < -0.3 is 4.74 Å². The summed E-state index contributed by atoms with van der Waals surface area (Å²) in [5.74, 6) is 0.518. The Balaban J connectivity index is 2.92. The molecule has 2 heteroatoms. The summed E-state index contributed by atoms with van der Waals surface area (Å²) in [5.41, 5.74) is 4.48. The fraction of sp³-hybridized carbons (Fsp3) is 0.688. The third-order valence-corrected chi connectivity index (χ3v) is 4.03. The summed E-state index contributed by atoms with van der Waals surface area (Å²) in [4.78, 5) is 11.0. The predicted octanol–water partition coefficient (Wildman–Crippen LogP) is 4.76. The molecule has 2 nitrogen and oxygen atoms in total. The monoisotopic (exact) mass is 250 g/mol. The van der Waals surface area contributed by atoms with Crippen LogP contribution in [0.4, 0.5) is 0 Å². The van der Waals surface area contributed by atoms with Crippen molar-refractivity contribution in [1.29, 1.82) is 0 Å². The SMILES string of the molecule is CC(=O)O/C(C)=C(/C)CC1=C(C)CCCC1(C)C. The number of esters is 1. The van der Waals surface area contributed by atoms with Gasteiger partial charge in [-0.2, -0.15) is 0 Å². The minimum absolute atomic E-state index is 0.236. The number of ether oxygens (including phenoxy) is 1. The standard InChI is InChI=1S/C16H26O2/c1-11-8-7-9-16(5,6)15(11)10-12(2)13(3)18-14(4)17/h7-10H2,1-6H3/b13-12-. The lowest BCUT2D eigenvalue weighted by Crippen LogP contribution is -2.20. The largest absolute Gasteiger partial charge is 0.432 e. The van der Waals surface area contributed by atoms with Gasteiger partial charge >= 0.3 is 5.97 Å². The zero-order chi connectivity index (χ0) is 13.9. The number of carbonyl (C=O) groups excluding carboxylic acids is 1. The second-order valence-corrected chi connectivity index (χ2v) is 6.10. The van der Waals surface area contributed by atoms with Crippen LogP contribution in [0.2, 0.25) is 0 Å². The first kappa shape index (κ1) is 15.0. The smallest absolute Gasteiger partial charge is 0.307 e. The van der Waals surface area contributed by atoms with Crippen LogP contribution in [0.25, 0.3) is 0 Å². The Labute approximate surface area is 111 Å². The Morgan fingerprint density at radius 1 is 1.28 bits per heavy atom. The highest BCUT2D eigenvalue weighted by Crippen LogP contribution is 2.43. The highest BCUT2D eigenvalue weighted by Gasteiger charge is 2.28. The van der Waals surface area contributed by atoms with Crippen LogP contribution in [0, 0.1) is 5.41 Å². The van der Waals surface area contributed by atoms with Crippen molar-refractivity contribution in [1.82, 2.24) is 0 Å². The van der Waals surface area contributed by atoms with E-state index in [0.29, 0.717) is 0 Å². The first-order valence-corrected chi connectivity index (χ1v) is 6.78. The molecule has 0 saturated heterocycles. The maximum Gasteiger partial charge on any atom is 0.307 e. The zero-order valence-electron chi connectivity index (χ0n) is 12.6. The van der Waals surface area contributed by atoms with Gasteiger partial charge in [0.05, 0.1) is 0 Å². The summed E-state index contributed by atoms with van der Waals surface area (Å²) in [7, 11) is 0. The van der Waals surface area contributed by atoms with Crippen LogP contribution in [0.1, 0.15) is 67.2 Å². The molecule has 18 heavy (non-hydrogen) atoms. The molecule has 0 fully saturated rings.